The van der Waals surface area contributed by atoms with Crippen LogP contribution in [0.5, 0.6) is 0 Å². The van der Waals surface area contributed by atoms with Gasteiger partial charge in [-0.05, 0) is 25.8 Å². The number of rotatable bonds is 2. The molecule has 2 aliphatic rings. The summed E-state index contributed by atoms with van der Waals surface area (Å²) < 4.78 is 0. The predicted octanol–water partition coefficient (Wildman–Crippen LogP) is 0.774. The van der Waals surface area contributed by atoms with E-state index in [4.69, 9.17) is 0 Å². The maximum absolute atomic E-state index is 12.1. The summed E-state index contributed by atoms with van der Waals surface area (Å²) in [6.45, 7) is 7.24. The Hall–Kier alpha value is -0.830. The molecule has 2 saturated heterocycles. The molecule has 2 heterocycles. The Kier molecular flexibility index (Phi) is 2.59. The Labute approximate surface area is 85.2 Å². The predicted molar refractivity (Wildman–Crippen MR) is 55.9 cm³/mol. The van der Waals surface area contributed by atoms with Crippen LogP contribution >= 0.6 is 0 Å². The van der Waals surface area contributed by atoms with E-state index in [1.54, 1.807) is 0 Å². The summed E-state index contributed by atoms with van der Waals surface area (Å²) in [5.74, 6) is 0.338. The molecule has 0 aromatic heterocycles. The minimum atomic E-state index is -0.0682. The van der Waals surface area contributed by atoms with E-state index in [9.17, 15) is 4.79 Å². The maximum Gasteiger partial charge on any atom is 0.230 e. The standard InChI is InChI=1S/C11H18N2O/c1-2-7-13-8-5-11(10(13)14)4-3-6-12-9-11/h2,12H,1,3-9H2. The molecule has 2 rings (SSSR count). The van der Waals surface area contributed by atoms with Gasteiger partial charge in [0.1, 0.15) is 0 Å². The Morgan fingerprint density at radius 2 is 2.43 bits per heavy atom. The molecule has 2 aliphatic heterocycles. The van der Waals surface area contributed by atoms with Gasteiger partial charge in [0, 0.05) is 19.6 Å². The number of nitrogens with zero attached hydrogens (tertiary/aromatic N) is 1. The second-order valence-corrected chi connectivity index (χ2v) is 4.35. The quantitative estimate of drug-likeness (QED) is 0.659. The van der Waals surface area contributed by atoms with Gasteiger partial charge in [-0.2, -0.15) is 0 Å². The van der Waals surface area contributed by atoms with Crippen molar-refractivity contribution in [2.24, 2.45) is 5.41 Å². The molecule has 1 amide bonds. The molecule has 0 aliphatic carbocycles. The SMILES string of the molecule is C=CCN1CCC2(CCCNC2)C1=O. The van der Waals surface area contributed by atoms with Crippen LogP contribution in [0.4, 0.5) is 0 Å². The van der Waals surface area contributed by atoms with E-state index < -0.39 is 0 Å². The summed E-state index contributed by atoms with van der Waals surface area (Å²) in [6, 6.07) is 0. The zero-order valence-corrected chi connectivity index (χ0v) is 8.59. The van der Waals surface area contributed by atoms with Crippen LogP contribution in [0.3, 0.4) is 0 Å². The van der Waals surface area contributed by atoms with Crippen LogP contribution in [0, 0.1) is 5.41 Å². The van der Waals surface area contributed by atoms with Crippen LogP contribution in [-0.4, -0.2) is 37.0 Å². The molecule has 2 fully saturated rings. The number of hydrogen-bond donors (Lipinski definition) is 1. The Bertz CT molecular complexity index is 244. The highest BCUT2D eigenvalue weighted by molar-refractivity contribution is 5.85. The third kappa shape index (κ3) is 1.46. The lowest BCUT2D eigenvalue weighted by Crippen LogP contribution is -2.45. The van der Waals surface area contributed by atoms with Gasteiger partial charge in [-0.1, -0.05) is 6.08 Å². The minimum absolute atomic E-state index is 0.0682. The van der Waals surface area contributed by atoms with Crippen LogP contribution in [-0.2, 0) is 4.79 Å². The van der Waals surface area contributed by atoms with E-state index in [0.29, 0.717) is 12.5 Å². The monoisotopic (exact) mass is 194 g/mol. The van der Waals surface area contributed by atoms with Crippen LogP contribution in [0.2, 0.25) is 0 Å². The number of likely N-dealkylation sites (tertiary alicyclic amines) is 1. The second-order valence-electron chi connectivity index (χ2n) is 4.35. The first kappa shape index (κ1) is 9.71. The summed E-state index contributed by atoms with van der Waals surface area (Å²) in [5.41, 5.74) is -0.0682. The molecular weight excluding hydrogens is 176 g/mol. The van der Waals surface area contributed by atoms with Crippen molar-refractivity contribution < 1.29 is 4.79 Å². The average molecular weight is 194 g/mol. The van der Waals surface area contributed by atoms with E-state index in [0.717, 1.165) is 38.9 Å². The highest BCUT2D eigenvalue weighted by Crippen LogP contribution is 2.37. The summed E-state index contributed by atoms with van der Waals surface area (Å²) >= 11 is 0. The number of carbonyl (C=O) groups is 1. The molecule has 78 valence electrons. The molecule has 1 unspecified atom stereocenters. The first-order chi connectivity index (χ1) is 6.78. The topological polar surface area (TPSA) is 32.3 Å². The minimum Gasteiger partial charge on any atom is -0.338 e. The van der Waals surface area contributed by atoms with E-state index in [-0.39, 0.29) is 5.41 Å². The van der Waals surface area contributed by atoms with Gasteiger partial charge in [0.05, 0.1) is 5.41 Å². The van der Waals surface area contributed by atoms with E-state index >= 15 is 0 Å². The third-order valence-electron chi connectivity index (χ3n) is 3.42. The van der Waals surface area contributed by atoms with Gasteiger partial charge in [0.25, 0.3) is 0 Å². The molecule has 0 radical (unpaired) electrons. The van der Waals surface area contributed by atoms with Crippen molar-refractivity contribution in [2.45, 2.75) is 19.3 Å². The van der Waals surface area contributed by atoms with E-state index in [1.165, 1.54) is 0 Å². The van der Waals surface area contributed by atoms with E-state index in [2.05, 4.69) is 11.9 Å². The summed E-state index contributed by atoms with van der Waals surface area (Å²) in [6.07, 6.45) is 5.03. The van der Waals surface area contributed by atoms with Gasteiger partial charge in [0.15, 0.2) is 0 Å². The lowest BCUT2D eigenvalue weighted by molar-refractivity contribution is -0.136. The van der Waals surface area contributed by atoms with Gasteiger partial charge in [-0.3, -0.25) is 4.79 Å². The molecule has 3 heteroatoms. The van der Waals surface area contributed by atoms with Crippen molar-refractivity contribution in [2.75, 3.05) is 26.2 Å². The van der Waals surface area contributed by atoms with Crippen molar-refractivity contribution >= 4 is 5.91 Å². The maximum atomic E-state index is 12.1. The van der Waals surface area contributed by atoms with Gasteiger partial charge in [0.2, 0.25) is 5.91 Å². The molecule has 0 bridgehead atoms. The van der Waals surface area contributed by atoms with Crippen molar-refractivity contribution in [3.8, 4) is 0 Å². The summed E-state index contributed by atoms with van der Waals surface area (Å²) in [5, 5.41) is 3.34. The van der Waals surface area contributed by atoms with Gasteiger partial charge in [-0.25, -0.2) is 0 Å². The first-order valence-electron chi connectivity index (χ1n) is 5.39. The molecular formula is C11H18N2O. The van der Waals surface area contributed by atoms with Crippen LogP contribution in [0.1, 0.15) is 19.3 Å². The third-order valence-corrected chi connectivity index (χ3v) is 3.42. The van der Waals surface area contributed by atoms with Crippen molar-refractivity contribution in [1.82, 2.24) is 10.2 Å². The van der Waals surface area contributed by atoms with Crippen LogP contribution in [0.25, 0.3) is 0 Å². The van der Waals surface area contributed by atoms with Crippen LogP contribution < -0.4 is 5.32 Å². The van der Waals surface area contributed by atoms with Gasteiger partial charge >= 0.3 is 0 Å². The molecule has 0 aromatic carbocycles. The average Bonchev–Trinajstić information content (AvgIpc) is 2.50. The largest absolute Gasteiger partial charge is 0.338 e. The highest BCUT2D eigenvalue weighted by atomic mass is 16.2. The number of carbonyl (C=O) groups excluding carboxylic acids is 1. The number of piperidine rings is 1. The molecule has 14 heavy (non-hydrogen) atoms. The summed E-state index contributed by atoms with van der Waals surface area (Å²) in [7, 11) is 0. The zero-order chi connectivity index (χ0) is 10.0. The number of nitrogens with one attached hydrogen (secondary N) is 1. The Morgan fingerprint density at radius 3 is 3.07 bits per heavy atom. The fraction of sp³-hybridized carbons (Fsp3) is 0.727. The fourth-order valence-electron chi connectivity index (χ4n) is 2.59. The van der Waals surface area contributed by atoms with Gasteiger partial charge in [-0.15, -0.1) is 6.58 Å². The fourth-order valence-corrected chi connectivity index (χ4v) is 2.59. The second kappa shape index (κ2) is 3.73. The molecule has 3 nitrogen and oxygen atoms in total. The number of amides is 1. The molecule has 0 aromatic rings. The van der Waals surface area contributed by atoms with Crippen molar-refractivity contribution in [3.63, 3.8) is 0 Å². The molecule has 1 atom stereocenters. The smallest absolute Gasteiger partial charge is 0.230 e. The van der Waals surface area contributed by atoms with Crippen LogP contribution in [0.15, 0.2) is 12.7 Å². The Balaban J connectivity index is 2.07. The molecule has 1 spiro atoms. The van der Waals surface area contributed by atoms with E-state index in [1.807, 2.05) is 11.0 Å². The lowest BCUT2D eigenvalue weighted by atomic mass is 9.79. The normalized spacial score (nSPS) is 32.6. The highest BCUT2D eigenvalue weighted by Gasteiger charge is 2.46. The lowest BCUT2D eigenvalue weighted by Gasteiger charge is -2.32. The van der Waals surface area contributed by atoms with Crippen molar-refractivity contribution in [1.29, 1.82) is 0 Å². The summed E-state index contributed by atoms with van der Waals surface area (Å²) in [4.78, 5) is 14.0. The molecule has 1 N–H and O–H groups in total. The van der Waals surface area contributed by atoms with Crippen molar-refractivity contribution in [3.05, 3.63) is 12.7 Å². The first-order valence-corrected chi connectivity index (χ1v) is 5.39. The zero-order valence-electron chi connectivity index (χ0n) is 8.59. The van der Waals surface area contributed by atoms with Gasteiger partial charge < -0.3 is 10.2 Å². The number of hydrogen-bond acceptors (Lipinski definition) is 2. The molecule has 0 saturated carbocycles. The Morgan fingerprint density at radius 1 is 1.57 bits per heavy atom.